The minimum Gasteiger partial charge on any atom is -0.338 e. The fourth-order valence-electron chi connectivity index (χ4n) is 4.65. The van der Waals surface area contributed by atoms with Crippen LogP contribution in [0, 0.1) is 0 Å². The predicted molar refractivity (Wildman–Crippen MR) is 127 cm³/mol. The molecule has 214 valence electrons. The van der Waals surface area contributed by atoms with Crippen LogP contribution < -0.4 is 0 Å². The zero-order chi connectivity index (χ0) is 29.0. The summed E-state index contributed by atoms with van der Waals surface area (Å²) in [4.78, 5) is 13.1. The number of carbonyl (C=O) groups excluding carboxylic acids is 1. The van der Waals surface area contributed by atoms with Gasteiger partial charge in [0.15, 0.2) is 9.84 Å². The summed E-state index contributed by atoms with van der Waals surface area (Å²) in [5.41, 5.74) is -2.75. The van der Waals surface area contributed by atoms with Gasteiger partial charge in [-0.05, 0) is 62.1 Å². The Balaban J connectivity index is 1.56. The Morgan fingerprint density at radius 3 is 1.87 bits per heavy atom. The molecule has 1 saturated heterocycles. The lowest BCUT2D eigenvalue weighted by Crippen LogP contribution is -2.49. The highest BCUT2D eigenvalue weighted by atomic mass is 32.2. The third-order valence-electron chi connectivity index (χ3n) is 6.69. The molecule has 39 heavy (non-hydrogen) atoms. The molecule has 1 heterocycles. The van der Waals surface area contributed by atoms with Crippen LogP contribution in [0.2, 0.25) is 0 Å². The molecular weight excluding hydrogens is 574 g/mol. The van der Waals surface area contributed by atoms with Gasteiger partial charge in [-0.3, -0.25) is 4.79 Å². The lowest BCUT2D eigenvalue weighted by Gasteiger charge is -2.38. The van der Waals surface area contributed by atoms with Gasteiger partial charge in [0.25, 0.3) is 5.91 Å². The van der Waals surface area contributed by atoms with E-state index in [0.717, 1.165) is 24.3 Å². The summed E-state index contributed by atoms with van der Waals surface area (Å²) in [6.45, 7) is -0.0654. The van der Waals surface area contributed by atoms with Crippen LogP contribution in [0.4, 0.5) is 26.3 Å². The standard InChI is InChI=1S/C24H24F6N2O5S2/c1-38(34,35)21-14-16(24(28,29)30)5-8-20(21)22(33)31-11-9-18(10-12-31)32(17-6-7-17)39(36,37)19-4-2-3-15(13-19)23(25,26)27/h2-5,8,13-14,17-18H,6-7,9-12H2,1H3. The molecule has 0 radical (unpaired) electrons. The highest BCUT2D eigenvalue weighted by Crippen LogP contribution is 2.39. The fraction of sp³-hybridized carbons (Fsp3) is 0.458. The smallest absolute Gasteiger partial charge is 0.338 e. The van der Waals surface area contributed by atoms with E-state index in [1.54, 1.807) is 0 Å². The van der Waals surface area contributed by atoms with E-state index in [-0.39, 0.29) is 25.9 Å². The van der Waals surface area contributed by atoms with Crippen LogP contribution in [0.1, 0.15) is 47.2 Å². The number of sulfone groups is 1. The third kappa shape index (κ3) is 6.24. The van der Waals surface area contributed by atoms with Crippen molar-refractivity contribution in [1.29, 1.82) is 0 Å². The maximum absolute atomic E-state index is 13.4. The van der Waals surface area contributed by atoms with Crippen LogP contribution in [0.15, 0.2) is 52.3 Å². The Kier molecular flexibility index (Phi) is 7.58. The molecule has 0 unspecified atom stereocenters. The van der Waals surface area contributed by atoms with Gasteiger partial charge in [-0.2, -0.15) is 30.6 Å². The van der Waals surface area contributed by atoms with Crippen LogP contribution in [0.3, 0.4) is 0 Å². The molecule has 2 fully saturated rings. The van der Waals surface area contributed by atoms with Gasteiger partial charge in [0, 0.05) is 31.4 Å². The summed E-state index contributed by atoms with van der Waals surface area (Å²) in [5.74, 6) is -0.818. The molecule has 1 saturated carbocycles. The van der Waals surface area contributed by atoms with Crippen molar-refractivity contribution in [3.8, 4) is 0 Å². The van der Waals surface area contributed by atoms with E-state index < -0.39 is 76.7 Å². The van der Waals surface area contributed by atoms with Gasteiger partial charge in [-0.1, -0.05) is 6.07 Å². The molecule has 2 aromatic carbocycles. The molecule has 1 amide bonds. The maximum Gasteiger partial charge on any atom is 0.416 e. The van der Waals surface area contributed by atoms with E-state index >= 15 is 0 Å². The first-order valence-corrected chi connectivity index (χ1v) is 15.2. The normalized spacial score (nSPS) is 18.0. The van der Waals surface area contributed by atoms with Gasteiger partial charge in [-0.15, -0.1) is 0 Å². The molecule has 4 rings (SSSR count). The quantitative estimate of drug-likeness (QED) is 0.454. The van der Waals surface area contributed by atoms with Crippen molar-refractivity contribution in [2.24, 2.45) is 0 Å². The summed E-state index contributed by atoms with van der Waals surface area (Å²) < 4.78 is 131. The van der Waals surface area contributed by atoms with E-state index in [4.69, 9.17) is 0 Å². The number of hydrogen-bond acceptors (Lipinski definition) is 5. The number of alkyl halides is 6. The van der Waals surface area contributed by atoms with Crippen LogP contribution in [0.25, 0.3) is 0 Å². The van der Waals surface area contributed by atoms with Gasteiger partial charge >= 0.3 is 12.4 Å². The number of amides is 1. The van der Waals surface area contributed by atoms with Gasteiger partial charge < -0.3 is 4.90 Å². The summed E-state index contributed by atoms with van der Waals surface area (Å²) >= 11 is 0. The van der Waals surface area contributed by atoms with Crippen molar-refractivity contribution in [2.75, 3.05) is 19.3 Å². The monoisotopic (exact) mass is 598 g/mol. The van der Waals surface area contributed by atoms with Crippen molar-refractivity contribution < 1.29 is 48.0 Å². The van der Waals surface area contributed by atoms with E-state index in [0.29, 0.717) is 37.3 Å². The molecule has 2 aliphatic rings. The zero-order valence-corrected chi connectivity index (χ0v) is 22.1. The van der Waals surface area contributed by atoms with E-state index in [1.165, 1.54) is 9.21 Å². The second-order valence-electron chi connectivity index (χ2n) is 9.60. The van der Waals surface area contributed by atoms with Gasteiger partial charge in [0.2, 0.25) is 10.0 Å². The number of sulfonamides is 1. The number of halogens is 6. The van der Waals surface area contributed by atoms with Crippen molar-refractivity contribution >= 4 is 25.8 Å². The predicted octanol–water partition coefficient (Wildman–Crippen LogP) is 4.59. The van der Waals surface area contributed by atoms with Crippen molar-refractivity contribution in [3.05, 3.63) is 59.2 Å². The minimum absolute atomic E-state index is 0.0327. The Bertz CT molecular complexity index is 1480. The molecule has 1 aliphatic heterocycles. The number of hydrogen-bond donors (Lipinski definition) is 0. The van der Waals surface area contributed by atoms with E-state index in [2.05, 4.69) is 0 Å². The molecule has 0 N–H and O–H groups in total. The minimum atomic E-state index is -4.82. The summed E-state index contributed by atoms with van der Waals surface area (Å²) in [5, 5.41) is 0. The molecule has 0 aromatic heterocycles. The molecule has 2 aromatic rings. The average molecular weight is 599 g/mol. The topological polar surface area (TPSA) is 91.8 Å². The SMILES string of the molecule is CS(=O)(=O)c1cc(C(F)(F)F)ccc1C(=O)N1CCC(N(C2CC2)S(=O)(=O)c2cccc(C(F)(F)F)c2)CC1. The molecule has 0 spiro atoms. The van der Waals surface area contributed by atoms with Gasteiger partial charge in [0.1, 0.15) is 0 Å². The largest absolute Gasteiger partial charge is 0.416 e. The number of likely N-dealkylation sites (tertiary alicyclic amines) is 1. The Morgan fingerprint density at radius 1 is 0.821 bits per heavy atom. The molecular formula is C24H24F6N2O5S2. The lowest BCUT2D eigenvalue weighted by atomic mass is 10.0. The fourth-order valence-corrected chi connectivity index (χ4v) is 7.52. The first-order valence-electron chi connectivity index (χ1n) is 11.8. The number of nitrogens with zero attached hydrogens (tertiary/aromatic N) is 2. The van der Waals surface area contributed by atoms with Gasteiger partial charge in [-0.25, -0.2) is 16.8 Å². The average Bonchev–Trinajstić information content (AvgIpc) is 3.67. The summed E-state index contributed by atoms with van der Waals surface area (Å²) in [6.07, 6.45) is -7.59. The Hall–Kier alpha value is -2.65. The summed E-state index contributed by atoms with van der Waals surface area (Å²) in [7, 11) is -8.52. The van der Waals surface area contributed by atoms with Crippen molar-refractivity contribution in [2.45, 2.75) is 59.9 Å². The molecule has 0 bridgehead atoms. The molecule has 0 atom stereocenters. The molecule has 7 nitrogen and oxygen atoms in total. The third-order valence-corrected chi connectivity index (χ3v) is 9.83. The van der Waals surface area contributed by atoms with Crippen LogP contribution in [0.5, 0.6) is 0 Å². The Labute approximate surface area is 221 Å². The van der Waals surface area contributed by atoms with E-state index in [1.807, 2.05) is 0 Å². The number of rotatable bonds is 6. The highest BCUT2D eigenvalue weighted by Gasteiger charge is 2.44. The molecule has 15 heteroatoms. The van der Waals surface area contributed by atoms with Crippen LogP contribution in [-0.2, 0) is 32.2 Å². The van der Waals surface area contributed by atoms with Crippen LogP contribution in [-0.4, -0.2) is 63.4 Å². The van der Waals surface area contributed by atoms with Crippen LogP contribution >= 0.6 is 0 Å². The maximum atomic E-state index is 13.4. The van der Waals surface area contributed by atoms with Gasteiger partial charge in [0.05, 0.1) is 26.5 Å². The second kappa shape index (κ2) is 10.1. The highest BCUT2D eigenvalue weighted by molar-refractivity contribution is 7.90. The van der Waals surface area contributed by atoms with Crippen molar-refractivity contribution in [3.63, 3.8) is 0 Å². The first kappa shape index (κ1) is 29.3. The number of benzene rings is 2. The second-order valence-corrected chi connectivity index (χ2v) is 13.4. The van der Waals surface area contributed by atoms with Crippen molar-refractivity contribution in [1.82, 2.24) is 9.21 Å². The summed E-state index contributed by atoms with van der Waals surface area (Å²) in [6, 6.07) is 4.27. The lowest BCUT2D eigenvalue weighted by molar-refractivity contribution is -0.138. The first-order chi connectivity index (χ1) is 17.9. The zero-order valence-electron chi connectivity index (χ0n) is 20.5. The number of piperidine rings is 1. The number of carbonyl (C=O) groups is 1. The Morgan fingerprint density at radius 2 is 1.36 bits per heavy atom. The van der Waals surface area contributed by atoms with E-state index in [9.17, 15) is 48.0 Å². The molecule has 1 aliphatic carbocycles.